The average molecular weight is 512 g/mol. The van der Waals surface area contributed by atoms with Gasteiger partial charge in [-0.3, -0.25) is 10.1 Å². The minimum absolute atomic E-state index is 0.0203. The predicted octanol–water partition coefficient (Wildman–Crippen LogP) is 5.09. The molecule has 0 aliphatic heterocycles. The lowest BCUT2D eigenvalue weighted by molar-refractivity contribution is -0.140. The Morgan fingerprint density at radius 2 is 1.84 bits per heavy atom. The number of rotatable bonds is 5. The van der Waals surface area contributed by atoms with Crippen LogP contribution in [-0.2, 0) is 14.9 Å². The lowest BCUT2D eigenvalue weighted by Gasteiger charge is -2.16. The summed E-state index contributed by atoms with van der Waals surface area (Å²) in [7, 11) is 0. The van der Waals surface area contributed by atoms with E-state index in [0.29, 0.717) is 18.2 Å². The van der Waals surface area contributed by atoms with Gasteiger partial charge in [0.15, 0.2) is 0 Å². The summed E-state index contributed by atoms with van der Waals surface area (Å²) in [4.78, 5) is 36.8. The molecule has 1 amide bonds. The molecule has 1 aromatic carbocycles. The van der Waals surface area contributed by atoms with Crippen LogP contribution in [0, 0.1) is 18.8 Å². The second-order valence-corrected chi connectivity index (χ2v) is 8.98. The average Bonchev–Trinajstić information content (AvgIpc) is 3.32. The Bertz CT molecular complexity index is 1750. The van der Waals surface area contributed by atoms with Gasteiger partial charge < -0.3 is 23.1 Å². The highest BCUT2D eigenvalue weighted by molar-refractivity contribution is 5.99. The molecule has 6 rings (SSSR count). The third-order valence-corrected chi connectivity index (χ3v) is 6.43. The van der Waals surface area contributed by atoms with E-state index in [1.54, 1.807) is 25.3 Å². The first kappa shape index (κ1) is 23.3. The minimum Gasteiger partial charge on any atom is -0.480 e. The Morgan fingerprint density at radius 3 is 2.58 bits per heavy atom. The Labute approximate surface area is 214 Å². The summed E-state index contributed by atoms with van der Waals surface area (Å²) in [5.41, 5.74) is 1.45. The van der Waals surface area contributed by atoms with Gasteiger partial charge in [0.25, 0.3) is 17.3 Å². The van der Waals surface area contributed by atoms with Crippen molar-refractivity contribution in [3.05, 3.63) is 71.3 Å². The van der Waals surface area contributed by atoms with E-state index < -0.39 is 23.6 Å². The van der Waals surface area contributed by atoms with Gasteiger partial charge in [-0.05, 0) is 55.9 Å². The number of carboxylic acids is 1. The number of benzene rings is 1. The van der Waals surface area contributed by atoms with Gasteiger partial charge in [-0.2, -0.15) is 9.97 Å². The van der Waals surface area contributed by atoms with Gasteiger partial charge in [-0.1, -0.05) is 24.3 Å². The fraction of sp³-hybridized carbons (Fsp3) is 0.222. The van der Waals surface area contributed by atoms with Gasteiger partial charge in [-0.15, -0.1) is 0 Å². The number of aryl methyl sites for hydroxylation is 1. The van der Waals surface area contributed by atoms with Crippen LogP contribution in [0.2, 0.25) is 0 Å². The first-order chi connectivity index (χ1) is 18.3. The molecule has 38 heavy (non-hydrogen) atoms. The molecule has 0 bridgehead atoms. The number of furan rings is 1. The van der Waals surface area contributed by atoms with Crippen molar-refractivity contribution in [1.29, 1.82) is 0 Å². The standard InChI is InChI=1S/C27H20N4O7/c1-14-6-3-4-7-16(14)15(2)35-26(34)30-20-17-8-5-13-28-21(17)36-18(20)9-10-19-29-22-23(37-19)31-24(38-22)27(11-12-27)25(32)33/h3-8,13,15H,11-12H2,1-2H3,(H,30,34)(H,32,33). The molecule has 11 heteroatoms. The monoisotopic (exact) mass is 512 g/mol. The zero-order valence-electron chi connectivity index (χ0n) is 20.3. The van der Waals surface area contributed by atoms with Crippen molar-refractivity contribution >= 4 is 40.3 Å². The molecule has 2 N–H and O–H groups in total. The molecule has 4 aromatic heterocycles. The number of pyridine rings is 1. The van der Waals surface area contributed by atoms with Crippen LogP contribution in [0.1, 0.15) is 54.5 Å². The van der Waals surface area contributed by atoms with Crippen molar-refractivity contribution in [2.45, 2.75) is 38.2 Å². The summed E-state index contributed by atoms with van der Waals surface area (Å²) < 4.78 is 22.4. The molecule has 1 saturated carbocycles. The van der Waals surface area contributed by atoms with Crippen LogP contribution in [0.3, 0.4) is 0 Å². The van der Waals surface area contributed by atoms with Gasteiger partial charge >= 0.3 is 12.1 Å². The number of carbonyl (C=O) groups is 2. The van der Waals surface area contributed by atoms with E-state index in [9.17, 15) is 14.7 Å². The Balaban J connectivity index is 1.26. The number of oxazole rings is 2. The van der Waals surface area contributed by atoms with E-state index in [2.05, 4.69) is 32.1 Å². The molecule has 0 spiro atoms. The van der Waals surface area contributed by atoms with E-state index in [1.807, 2.05) is 31.2 Å². The number of aliphatic carboxylic acids is 1. The Kier molecular flexibility index (Phi) is 5.38. The maximum Gasteiger partial charge on any atom is 0.412 e. The first-order valence-electron chi connectivity index (χ1n) is 11.8. The number of nitrogens with one attached hydrogen (secondary N) is 1. The SMILES string of the molecule is Cc1ccccc1C(C)OC(=O)Nc1c(C#Cc2nc3oc(C4(C(=O)O)CC4)nc3o2)oc2ncccc12. The molecule has 1 atom stereocenters. The van der Waals surface area contributed by atoms with E-state index in [0.717, 1.165) is 11.1 Å². The van der Waals surface area contributed by atoms with Crippen molar-refractivity contribution in [3.63, 3.8) is 0 Å². The summed E-state index contributed by atoms with van der Waals surface area (Å²) in [6.45, 7) is 3.73. The topological polar surface area (TPSA) is 154 Å². The fourth-order valence-corrected chi connectivity index (χ4v) is 4.20. The summed E-state index contributed by atoms with van der Waals surface area (Å²) in [6.07, 6.45) is 1.27. The Morgan fingerprint density at radius 1 is 1.05 bits per heavy atom. The molecule has 1 fully saturated rings. The zero-order valence-corrected chi connectivity index (χ0v) is 20.3. The van der Waals surface area contributed by atoms with Gasteiger partial charge in [0.2, 0.25) is 17.4 Å². The highest BCUT2D eigenvalue weighted by Crippen LogP contribution is 2.48. The molecule has 1 aliphatic carbocycles. The van der Waals surface area contributed by atoms with Crippen LogP contribution in [0.15, 0.2) is 55.8 Å². The molecule has 0 saturated heterocycles. The maximum atomic E-state index is 12.8. The lowest BCUT2D eigenvalue weighted by Crippen LogP contribution is -2.19. The number of carboxylic acid groups (broad SMARTS) is 1. The maximum absolute atomic E-state index is 12.8. The molecular weight excluding hydrogens is 492 g/mol. The zero-order chi connectivity index (χ0) is 26.4. The number of aromatic nitrogens is 3. The number of hydrogen-bond donors (Lipinski definition) is 2. The lowest BCUT2D eigenvalue weighted by atomic mass is 10.1. The van der Waals surface area contributed by atoms with E-state index in [1.165, 1.54) is 0 Å². The summed E-state index contributed by atoms with van der Waals surface area (Å²) >= 11 is 0. The molecule has 11 nitrogen and oxygen atoms in total. The number of hydrogen-bond acceptors (Lipinski definition) is 9. The number of amides is 1. The highest BCUT2D eigenvalue weighted by Gasteiger charge is 2.56. The molecular formula is C27H20N4O7. The molecule has 1 aliphatic rings. The van der Waals surface area contributed by atoms with Crippen molar-refractivity contribution in [3.8, 4) is 11.8 Å². The van der Waals surface area contributed by atoms with E-state index in [4.69, 9.17) is 18.0 Å². The van der Waals surface area contributed by atoms with Crippen LogP contribution in [0.25, 0.3) is 22.5 Å². The number of ether oxygens (including phenoxy) is 1. The molecule has 5 aromatic rings. The number of anilines is 1. The third-order valence-electron chi connectivity index (χ3n) is 6.43. The second-order valence-electron chi connectivity index (χ2n) is 8.98. The minimum atomic E-state index is -1.11. The van der Waals surface area contributed by atoms with Gasteiger partial charge in [0.05, 0.1) is 5.39 Å². The molecule has 4 heterocycles. The van der Waals surface area contributed by atoms with Gasteiger partial charge in [-0.25, -0.2) is 9.78 Å². The molecule has 0 radical (unpaired) electrons. The first-order valence-corrected chi connectivity index (χ1v) is 11.8. The summed E-state index contributed by atoms with van der Waals surface area (Å²) in [5, 5.41) is 12.7. The Hall–Kier alpha value is -5.11. The number of fused-ring (bicyclic) bond motifs is 2. The van der Waals surface area contributed by atoms with Crippen molar-refractivity contribution < 1.29 is 32.7 Å². The van der Waals surface area contributed by atoms with E-state index in [-0.39, 0.29) is 40.4 Å². The molecule has 190 valence electrons. The fourth-order valence-electron chi connectivity index (χ4n) is 4.20. The third kappa shape index (κ3) is 4.02. The van der Waals surface area contributed by atoms with Crippen LogP contribution < -0.4 is 5.32 Å². The summed E-state index contributed by atoms with van der Waals surface area (Å²) in [6, 6.07) is 11.1. The number of nitrogens with zero attached hydrogens (tertiary/aromatic N) is 3. The predicted molar refractivity (Wildman–Crippen MR) is 132 cm³/mol. The molecule has 1 unspecified atom stereocenters. The largest absolute Gasteiger partial charge is 0.480 e. The van der Waals surface area contributed by atoms with Gasteiger partial charge in [0, 0.05) is 12.1 Å². The van der Waals surface area contributed by atoms with E-state index >= 15 is 0 Å². The number of carbonyl (C=O) groups excluding carboxylic acids is 1. The van der Waals surface area contributed by atoms with Crippen LogP contribution in [0.4, 0.5) is 10.5 Å². The normalized spacial score (nSPS) is 14.6. The van der Waals surface area contributed by atoms with Gasteiger partial charge in [0.1, 0.15) is 17.2 Å². The van der Waals surface area contributed by atoms with Crippen molar-refractivity contribution in [1.82, 2.24) is 15.0 Å². The van der Waals surface area contributed by atoms with Crippen LogP contribution >= 0.6 is 0 Å². The second kappa shape index (κ2) is 8.77. The van der Waals surface area contributed by atoms with Crippen molar-refractivity contribution in [2.75, 3.05) is 5.32 Å². The quantitative estimate of drug-likeness (QED) is 0.304. The van der Waals surface area contributed by atoms with Crippen LogP contribution in [-0.4, -0.2) is 32.1 Å². The van der Waals surface area contributed by atoms with Crippen LogP contribution in [0.5, 0.6) is 0 Å². The summed E-state index contributed by atoms with van der Waals surface area (Å²) in [5.74, 6) is 4.69. The van der Waals surface area contributed by atoms with Crippen molar-refractivity contribution in [2.24, 2.45) is 0 Å². The highest BCUT2D eigenvalue weighted by atomic mass is 16.6. The smallest absolute Gasteiger partial charge is 0.412 e.